The third kappa shape index (κ3) is 4.75. The van der Waals surface area contributed by atoms with Crippen molar-refractivity contribution in [1.29, 1.82) is 0 Å². The van der Waals surface area contributed by atoms with Crippen molar-refractivity contribution >= 4 is 32.5 Å². The Kier molecular flexibility index (Phi) is 5.62. The highest BCUT2D eigenvalue weighted by atomic mass is 32.2. The Hall–Kier alpha value is -2.64. The molecule has 0 atom stereocenters. The number of benzene rings is 2. The number of sulfonamides is 1. The van der Waals surface area contributed by atoms with Gasteiger partial charge in [-0.15, -0.1) is 0 Å². The van der Waals surface area contributed by atoms with Gasteiger partial charge in [-0.1, -0.05) is 18.2 Å². The molecule has 0 aliphatic carbocycles. The van der Waals surface area contributed by atoms with E-state index in [0.717, 1.165) is 10.9 Å². The number of amides is 1. The molecule has 3 rings (SSSR count). The highest BCUT2D eigenvalue weighted by molar-refractivity contribution is 7.89. The lowest BCUT2D eigenvalue weighted by molar-refractivity contribution is -0.116. The van der Waals surface area contributed by atoms with Crippen LogP contribution in [0.4, 0.5) is 5.69 Å². The fourth-order valence-corrected chi connectivity index (χ4v) is 4.13. The van der Waals surface area contributed by atoms with E-state index in [1.165, 1.54) is 12.1 Å². The number of aryl methyl sites for hydroxylation is 1. The van der Waals surface area contributed by atoms with Crippen LogP contribution in [0.25, 0.3) is 10.9 Å². The highest BCUT2D eigenvalue weighted by Crippen LogP contribution is 2.17. The molecular weight excluding hydrogens is 362 g/mol. The number of carbonyl (C=O) groups is 1. The van der Waals surface area contributed by atoms with E-state index >= 15 is 0 Å². The first-order chi connectivity index (χ1) is 12.8. The normalized spacial score (nSPS) is 11.8. The first kappa shape index (κ1) is 19.1. The van der Waals surface area contributed by atoms with Crippen molar-refractivity contribution in [2.75, 3.05) is 5.32 Å². The largest absolute Gasteiger partial charge is 0.347 e. The molecule has 3 aromatic rings. The summed E-state index contributed by atoms with van der Waals surface area (Å²) in [5.41, 5.74) is 1.67. The molecule has 0 bridgehead atoms. The van der Waals surface area contributed by atoms with E-state index in [2.05, 4.69) is 10.0 Å². The minimum Gasteiger partial charge on any atom is -0.347 e. The number of para-hydroxylation sites is 1. The van der Waals surface area contributed by atoms with E-state index < -0.39 is 10.0 Å². The van der Waals surface area contributed by atoms with Crippen LogP contribution in [0.5, 0.6) is 0 Å². The molecule has 0 saturated carbocycles. The Labute approximate surface area is 159 Å². The maximum absolute atomic E-state index is 12.2. The molecule has 0 saturated heterocycles. The average Bonchev–Trinajstić information content (AvgIpc) is 3.02. The quantitative estimate of drug-likeness (QED) is 0.654. The number of anilines is 1. The maximum Gasteiger partial charge on any atom is 0.240 e. The second-order valence-corrected chi connectivity index (χ2v) is 8.38. The van der Waals surface area contributed by atoms with Gasteiger partial charge in [-0.3, -0.25) is 4.79 Å². The van der Waals surface area contributed by atoms with Gasteiger partial charge in [0.15, 0.2) is 0 Å². The minimum atomic E-state index is -3.53. The van der Waals surface area contributed by atoms with Crippen molar-refractivity contribution in [3.63, 3.8) is 0 Å². The van der Waals surface area contributed by atoms with Gasteiger partial charge < -0.3 is 9.88 Å². The molecule has 2 N–H and O–H groups in total. The van der Waals surface area contributed by atoms with Crippen LogP contribution >= 0.6 is 0 Å². The number of aromatic nitrogens is 1. The van der Waals surface area contributed by atoms with Gasteiger partial charge in [0, 0.05) is 36.4 Å². The third-order valence-corrected chi connectivity index (χ3v) is 5.77. The van der Waals surface area contributed by atoms with Gasteiger partial charge in [0.2, 0.25) is 15.9 Å². The van der Waals surface area contributed by atoms with Crippen LogP contribution in [0, 0.1) is 0 Å². The van der Waals surface area contributed by atoms with Gasteiger partial charge in [0.25, 0.3) is 0 Å². The van der Waals surface area contributed by atoms with Crippen LogP contribution in [-0.2, 0) is 21.4 Å². The predicted octanol–water partition coefficient (Wildman–Crippen LogP) is 3.36. The molecule has 142 valence electrons. The highest BCUT2D eigenvalue weighted by Gasteiger charge is 2.15. The second kappa shape index (κ2) is 7.94. The zero-order chi connectivity index (χ0) is 19.4. The van der Waals surface area contributed by atoms with E-state index in [9.17, 15) is 13.2 Å². The Balaban J connectivity index is 1.59. The molecule has 1 amide bonds. The molecule has 0 spiro atoms. The zero-order valence-electron chi connectivity index (χ0n) is 15.3. The van der Waals surface area contributed by atoms with Gasteiger partial charge >= 0.3 is 0 Å². The summed E-state index contributed by atoms with van der Waals surface area (Å²) < 4.78 is 28.8. The molecule has 0 unspecified atom stereocenters. The standard InChI is InChI=1S/C20H23N3O3S/c1-15(2)22-27(25,26)18-9-7-17(8-10-18)21-20(24)12-14-23-13-11-16-5-3-4-6-19(16)23/h3-11,13,15,22H,12,14H2,1-2H3,(H,21,24). The van der Waals surface area contributed by atoms with E-state index in [-0.39, 0.29) is 16.8 Å². The number of nitrogens with one attached hydrogen (secondary N) is 2. The Morgan fingerprint density at radius 2 is 1.74 bits per heavy atom. The summed E-state index contributed by atoms with van der Waals surface area (Å²) in [5.74, 6) is -0.122. The summed E-state index contributed by atoms with van der Waals surface area (Å²) in [7, 11) is -3.53. The van der Waals surface area contributed by atoms with Crippen molar-refractivity contribution in [3.8, 4) is 0 Å². The summed E-state index contributed by atoms with van der Waals surface area (Å²) in [6.45, 7) is 4.10. The second-order valence-electron chi connectivity index (χ2n) is 6.67. The van der Waals surface area contributed by atoms with E-state index in [1.54, 1.807) is 26.0 Å². The molecule has 1 aromatic heterocycles. The Morgan fingerprint density at radius 1 is 1.04 bits per heavy atom. The summed E-state index contributed by atoms with van der Waals surface area (Å²) >= 11 is 0. The first-order valence-electron chi connectivity index (χ1n) is 8.81. The smallest absolute Gasteiger partial charge is 0.240 e. The van der Waals surface area contributed by atoms with E-state index in [4.69, 9.17) is 0 Å². The van der Waals surface area contributed by atoms with Crippen molar-refractivity contribution in [2.24, 2.45) is 0 Å². The predicted molar refractivity (Wildman–Crippen MR) is 107 cm³/mol. The molecule has 0 aliphatic rings. The summed E-state index contributed by atoms with van der Waals surface area (Å²) in [6, 6.07) is 16.0. The van der Waals surface area contributed by atoms with Gasteiger partial charge in [0.05, 0.1) is 4.90 Å². The lowest BCUT2D eigenvalue weighted by Gasteiger charge is -2.11. The molecular formula is C20H23N3O3S. The number of hydrogen-bond donors (Lipinski definition) is 2. The van der Waals surface area contributed by atoms with Gasteiger partial charge in [0.1, 0.15) is 0 Å². The summed E-state index contributed by atoms with van der Waals surface area (Å²) in [4.78, 5) is 12.4. The van der Waals surface area contributed by atoms with Crippen molar-refractivity contribution in [2.45, 2.75) is 37.8 Å². The molecule has 2 aromatic carbocycles. The number of rotatable bonds is 7. The van der Waals surface area contributed by atoms with Gasteiger partial charge in [-0.25, -0.2) is 13.1 Å². The molecule has 1 heterocycles. The van der Waals surface area contributed by atoms with Crippen LogP contribution < -0.4 is 10.0 Å². The number of hydrogen-bond acceptors (Lipinski definition) is 3. The SMILES string of the molecule is CC(C)NS(=O)(=O)c1ccc(NC(=O)CCn2ccc3ccccc32)cc1. The summed E-state index contributed by atoms with van der Waals surface area (Å²) in [5, 5.41) is 3.95. The van der Waals surface area contributed by atoms with Crippen LogP contribution in [0.2, 0.25) is 0 Å². The lowest BCUT2D eigenvalue weighted by atomic mass is 10.2. The van der Waals surface area contributed by atoms with E-state index in [1.807, 2.05) is 41.1 Å². The fourth-order valence-electron chi connectivity index (χ4n) is 2.88. The summed E-state index contributed by atoms with van der Waals surface area (Å²) in [6.07, 6.45) is 2.30. The molecule has 0 aliphatic heterocycles. The Morgan fingerprint density at radius 3 is 2.44 bits per heavy atom. The van der Waals surface area contributed by atoms with Crippen molar-refractivity contribution in [3.05, 3.63) is 60.8 Å². The van der Waals surface area contributed by atoms with Crippen molar-refractivity contribution < 1.29 is 13.2 Å². The zero-order valence-corrected chi connectivity index (χ0v) is 16.2. The van der Waals surface area contributed by atoms with Crippen LogP contribution in [0.15, 0.2) is 65.7 Å². The van der Waals surface area contributed by atoms with Gasteiger partial charge in [-0.2, -0.15) is 0 Å². The first-order valence-corrected chi connectivity index (χ1v) is 10.3. The number of nitrogens with zero attached hydrogens (tertiary/aromatic N) is 1. The Bertz CT molecular complexity index is 1040. The molecule has 0 radical (unpaired) electrons. The van der Waals surface area contributed by atoms with Crippen molar-refractivity contribution in [1.82, 2.24) is 9.29 Å². The fraction of sp³-hybridized carbons (Fsp3) is 0.250. The van der Waals surface area contributed by atoms with Crippen LogP contribution in [0.3, 0.4) is 0 Å². The van der Waals surface area contributed by atoms with Crippen LogP contribution in [-0.4, -0.2) is 24.9 Å². The van der Waals surface area contributed by atoms with E-state index in [0.29, 0.717) is 18.7 Å². The number of carbonyl (C=O) groups excluding carboxylic acids is 1. The molecule has 0 fully saturated rings. The molecule has 7 heteroatoms. The van der Waals surface area contributed by atoms with Gasteiger partial charge in [-0.05, 0) is 55.6 Å². The monoisotopic (exact) mass is 385 g/mol. The lowest BCUT2D eigenvalue weighted by Crippen LogP contribution is -2.30. The third-order valence-electron chi connectivity index (χ3n) is 4.10. The average molecular weight is 385 g/mol. The number of fused-ring (bicyclic) bond motifs is 1. The molecule has 6 nitrogen and oxygen atoms in total. The maximum atomic E-state index is 12.2. The van der Waals surface area contributed by atoms with Crippen LogP contribution in [0.1, 0.15) is 20.3 Å². The minimum absolute atomic E-state index is 0.122. The topological polar surface area (TPSA) is 80.2 Å². The molecule has 27 heavy (non-hydrogen) atoms.